The zero-order valence-electron chi connectivity index (χ0n) is 23.4. The molecule has 1 aromatic heterocycles. The van der Waals surface area contributed by atoms with E-state index in [1.165, 1.54) is 0 Å². The maximum Gasteiger partial charge on any atom is 0.243 e. The maximum atomic E-state index is 13.0. The molecule has 1 aliphatic heterocycles. The highest BCUT2D eigenvalue weighted by atomic mass is 35.5. The Morgan fingerprint density at radius 2 is 1.77 bits per heavy atom. The van der Waals surface area contributed by atoms with Crippen LogP contribution in [0.5, 0.6) is 0 Å². The summed E-state index contributed by atoms with van der Waals surface area (Å²) in [5.74, 6) is -0.0337. The lowest BCUT2D eigenvalue weighted by Gasteiger charge is -2.29. The van der Waals surface area contributed by atoms with Crippen LogP contribution in [-0.4, -0.2) is 46.1 Å². The number of aliphatic imine (C=N–C) groups is 1. The van der Waals surface area contributed by atoms with E-state index in [0.717, 1.165) is 54.3 Å². The van der Waals surface area contributed by atoms with E-state index in [9.17, 15) is 4.79 Å². The first-order chi connectivity index (χ1) is 18.4. The summed E-state index contributed by atoms with van der Waals surface area (Å²) >= 11 is 7.89. The summed E-state index contributed by atoms with van der Waals surface area (Å²) in [6, 6.07) is 18.3. The van der Waals surface area contributed by atoms with Crippen LogP contribution >= 0.6 is 22.9 Å². The average Bonchev–Trinajstić information content (AvgIpc) is 3.45. The normalized spacial score (nSPS) is 16.4. The maximum absolute atomic E-state index is 13.0. The number of hydrogen-bond donors (Lipinski definition) is 0. The lowest BCUT2D eigenvalue weighted by molar-refractivity contribution is -0.526. The van der Waals surface area contributed by atoms with Crippen LogP contribution in [0.3, 0.4) is 0 Å². The van der Waals surface area contributed by atoms with Gasteiger partial charge >= 0.3 is 0 Å². The molecule has 0 saturated carbocycles. The molecule has 5 nitrogen and oxygen atoms in total. The first kappa shape index (κ1) is 27.4. The number of nitrogens with zero attached hydrogens (tertiary/aromatic N) is 3. The fraction of sp³-hybridized carbons (Fsp3) is 0.312. The third kappa shape index (κ3) is 5.46. The number of fused-ring (bicyclic) bond motifs is 1. The molecule has 39 heavy (non-hydrogen) atoms. The van der Waals surface area contributed by atoms with Gasteiger partial charge in [0.15, 0.2) is 5.78 Å². The van der Waals surface area contributed by atoms with Crippen molar-refractivity contribution in [2.45, 2.75) is 59.4 Å². The Morgan fingerprint density at radius 3 is 2.38 bits per heavy atom. The van der Waals surface area contributed by atoms with Crippen molar-refractivity contribution < 1.29 is 14.1 Å². The Balaban J connectivity index is 1.73. The van der Waals surface area contributed by atoms with E-state index in [-0.39, 0.29) is 11.9 Å². The van der Waals surface area contributed by atoms with Crippen LogP contribution in [0.4, 0.5) is 0 Å². The predicted octanol–water partition coefficient (Wildman–Crippen LogP) is 7.90. The molecule has 0 amide bonds. The fourth-order valence-electron chi connectivity index (χ4n) is 4.93. The lowest BCUT2D eigenvalue weighted by atomic mass is 9.90. The average molecular weight is 559 g/mol. The van der Waals surface area contributed by atoms with Crippen molar-refractivity contribution >= 4 is 50.9 Å². The summed E-state index contributed by atoms with van der Waals surface area (Å²) in [6.07, 6.45) is 1.36. The Hall–Kier alpha value is -3.19. The number of benzene rings is 3. The molecule has 0 radical (unpaired) electrons. The topological polar surface area (TPSA) is 54.6 Å². The molecule has 2 atom stereocenters. The number of halogens is 1. The number of aromatic nitrogens is 1. The van der Waals surface area contributed by atoms with Crippen molar-refractivity contribution in [1.82, 2.24) is 4.98 Å². The molecule has 1 unspecified atom stereocenters. The highest BCUT2D eigenvalue weighted by Crippen LogP contribution is 2.44. The number of ether oxygens (including phenoxy) is 1. The monoisotopic (exact) mass is 558 g/mol. The van der Waals surface area contributed by atoms with Crippen molar-refractivity contribution in [2.75, 3.05) is 7.05 Å². The van der Waals surface area contributed by atoms with E-state index >= 15 is 0 Å². The number of Topliss-reactive ketones (excluding diaryl/α,β-unsaturated/α-hetero) is 1. The SMILES string of the molecule is CC(=O)[C@@H](OC(C)(C)C)c1c(C)cc2nc(-c3cccc(C4=[N+](C)C(C)N=C4)c3)sc2c1-c1ccc(Cl)cc1. The third-order valence-corrected chi connectivity index (χ3v) is 8.31. The molecule has 0 aliphatic carbocycles. The lowest BCUT2D eigenvalue weighted by Crippen LogP contribution is -2.27. The first-order valence-electron chi connectivity index (χ1n) is 13.0. The second-order valence-corrected chi connectivity index (χ2v) is 12.5. The van der Waals surface area contributed by atoms with E-state index in [4.69, 9.17) is 21.3 Å². The molecule has 4 aromatic rings. The number of ketones is 1. The summed E-state index contributed by atoms with van der Waals surface area (Å²) in [5, 5.41) is 1.58. The van der Waals surface area contributed by atoms with Gasteiger partial charge in [-0.2, -0.15) is 0 Å². The van der Waals surface area contributed by atoms with Crippen molar-refractivity contribution in [1.29, 1.82) is 0 Å². The van der Waals surface area contributed by atoms with E-state index < -0.39 is 11.7 Å². The van der Waals surface area contributed by atoms with Crippen LogP contribution in [0.1, 0.15) is 57.4 Å². The van der Waals surface area contributed by atoms with Crippen LogP contribution in [-0.2, 0) is 9.53 Å². The van der Waals surface area contributed by atoms with Crippen LogP contribution in [0, 0.1) is 6.92 Å². The van der Waals surface area contributed by atoms with Crippen molar-refractivity contribution in [3.63, 3.8) is 0 Å². The minimum Gasteiger partial charge on any atom is -0.360 e. The Labute approximate surface area is 238 Å². The molecule has 3 aromatic carbocycles. The molecule has 0 fully saturated rings. The molecular weight excluding hydrogens is 526 g/mol. The van der Waals surface area contributed by atoms with Crippen LogP contribution in [0.2, 0.25) is 5.02 Å². The number of carbonyl (C=O) groups is 1. The Morgan fingerprint density at radius 1 is 1.08 bits per heavy atom. The predicted molar refractivity (Wildman–Crippen MR) is 163 cm³/mol. The largest absolute Gasteiger partial charge is 0.360 e. The number of thiazole rings is 1. The molecule has 7 heteroatoms. The standard InChI is InChI=1S/C32H33ClN3O2S/c1-18-15-25-30(39-31(35-25)23-10-8-9-22(16-23)26-17-34-20(3)36(26)7)28(21-11-13-24(33)14-12-21)27(18)29(19(2)37)38-32(4,5)6/h8-17,20,29H,1-7H3/q+1/t20?,29-/m1/s1. The van der Waals surface area contributed by atoms with Gasteiger partial charge in [0, 0.05) is 34.2 Å². The number of carbonyl (C=O) groups excluding carboxylic acids is 1. The van der Waals surface area contributed by atoms with Gasteiger partial charge in [0.05, 0.1) is 15.8 Å². The molecule has 200 valence electrons. The third-order valence-electron chi connectivity index (χ3n) is 6.92. The van der Waals surface area contributed by atoms with Gasteiger partial charge in [0.2, 0.25) is 11.9 Å². The van der Waals surface area contributed by atoms with Crippen molar-refractivity contribution in [2.24, 2.45) is 4.99 Å². The van der Waals surface area contributed by atoms with Gasteiger partial charge in [-0.15, -0.1) is 11.3 Å². The smallest absolute Gasteiger partial charge is 0.243 e. The minimum absolute atomic E-state index is 0.0337. The molecule has 0 N–H and O–H groups in total. The van der Waals surface area contributed by atoms with Gasteiger partial charge in [-0.1, -0.05) is 35.9 Å². The van der Waals surface area contributed by atoms with Crippen LogP contribution < -0.4 is 0 Å². The summed E-state index contributed by atoms with van der Waals surface area (Å²) in [6.45, 7) is 11.6. The second-order valence-electron chi connectivity index (χ2n) is 11.1. The van der Waals surface area contributed by atoms with Crippen molar-refractivity contribution in [3.05, 3.63) is 76.3 Å². The molecule has 0 saturated heterocycles. The molecular formula is C32H33ClN3O2S+. The molecule has 2 heterocycles. The molecule has 1 aliphatic rings. The van der Waals surface area contributed by atoms with Gasteiger partial charge in [0.1, 0.15) is 24.4 Å². The minimum atomic E-state index is -0.704. The molecule has 0 spiro atoms. The van der Waals surface area contributed by atoms with Crippen LogP contribution in [0.15, 0.2) is 59.6 Å². The van der Waals surface area contributed by atoms with Crippen LogP contribution in [0.25, 0.3) is 31.9 Å². The second kappa shape index (κ2) is 10.4. The summed E-state index contributed by atoms with van der Waals surface area (Å²) < 4.78 is 9.56. The van der Waals surface area contributed by atoms with E-state index in [2.05, 4.69) is 53.9 Å². The van der Waals surface area contributed by atoms with Gasteiger partial charge in [-0.05, 0) is 76.1 Å². The highest BCUT2D eigenvalue weighted by Gasteiger charge is 2.30. The number of rotatable bonds is 6. The van der Waals surface area contributed by atoms with Gasteiger partial charge in [-0.25, -0.2) is 14.6 Å². The number of hydrogen-bond acceptors (Lipinski definition) is 5. The van der Waals surface area contributed by atoms with E-state index in [1.54, 1.807) is 18.3 Å². The quantitative estimate of drug-likeness (QED) is 0.226. The molecule has 5 rings (SSSR count). The number of aryl methyl sites for hydroxylation is 1. The zero-order valence-corrected chi connectivity index (χ0v) is 24.9. The van der Waals surface area contributed by atoms with E-state index in [0.29, 0.717) is 5.02 Å². The van der Waals surface area contributed by atoms with E-state index in [1.807, 2.05) is 58.2 Å². The van der Waals surface area contributed by atoms with Gasteiger partial charge < -0.3 is 4.74 Å². The van der Waals surface area contributed by atoms with Gasteiger partial charge in [-0.3, -0.25) is 4.79 Å². The summed E-state index contributed by atoms with van der Waals surface area (Å²) in [5.41, 5.74) is 7.42. The summed E-state index contributed by atoms with van der Waals surface area (Å²) in [4.78, 5) is 22.6. The Bertz CT molecular complexity index is 1640. The zero-order chi connectivity index (χ0) is 28.1. The Kier molecular flexibility index (Phi) is 7.31. The fourth-order valence-corrected chi connectivity index (χ4v) is 6.18. The molecule has 0 bridgehead atoms. The summed E-state index contributed by atoms with van der Waals surface area (Å²) in [7, 11) is 2.06. The van der Waals surface area contributed by atoms with Crippen molar-refractivity contribution in [3.8, 4) is 21.7 Å². The van der Waals surface area contributed by atoms with Gasteiger partial charge in [0.25, 0.3) is 0 Å². The first-order valence-corrected chi connectivity index (χ1v) is 14.2. The highest BCUT2D eigenvalue weighted by molar-refractivity contribution is 7.22.